The summed E-state index contributed by atoms with van der Waals surface area (Å²) in [6, 6.07) is 6.43. The van der Waals surface area contributed by atoms with Crippen molar-refractivity contribution < 1.29 is 4.74 Å². The normalized spacial score (nSPS) is 25.3. The molecular formula is C16H23NO. The highest BCUT2D eigenvalue weighted by Gasteiger charge is 2.29. The van der Waals surface area contributed by atoms with Gasteiger partial charge >= 0.3 is 0 Å². The van der Waals surface area contributed by atoms with E-state index in [-0.39, 0.29) is 0 Å². The van der Waals surface area contributed by atoms with Crippen molar-refractivity contribution in [3.63, 3.8) is 0 Å². The summed E-state index contributed by atoms with van der Waals surface area (Å²) in [5.41, 5.74) is 3.08. The Morgan fingerprint density at radius 2 is 2.22 bits per heavy atom. The first-order valence-corrected chi connectivity index (χ1v) is 7.16. The van der Waals surface area contributed by atoms with Gasteiger partial charge in [-0.2, -0.15) is 0 Å². The van der Waals surface area contributed by atoms with Crippen molar-refractivity contribution in [2.75, 3.05) is 11.9 Å². The summed E-state index contributed by atoms with van der Waals surface area (Å²) in [5, 5.41) is 3.45. The van der Waals surface area contributed by atoms with Crippen molar-refractivity contribution in [1.82, 2.24) is 0 Å². The maximum absolute atomic E-state index is 6.27. The van der Waals surface area contributed by atoms with Crippen molar-refractivity contribution in [3.8, 4) is 5.75 Å². The van der Waals surface area contributed by atoms with Gasteiger partial charge in [-0.1, -0.05) is 26.0 Å². The van der Waals surface area contributed by atoms with Crippen LogP contribution in [-0.4, -0.2) is 12.6 Å². The minimum absolute atomic E-state index is 0.391. The molecule has 1 aromatic rings. The number of hydrogen-bond donors (Lipinski definition) is 1. The Kier molecular flexibility index (Phi) is 2.96. The van der Waals surface area contributed by atoms with Gasteiger partial charge in [-0.15, -0.1) is 0 Å². The maximum Gasteiger partial charge on any atom is 0.143 e. The zero-order valence-corrected chi connectivity index (χ0v) is 11.5. The number of benzene rings is 1. The number of hydrogen-bond acceptors (Lipinski definition) is 2. The van der Waals surface area contributed by atoms with Gasteiger partial charge < -0.3 is 10.1 Å². The van der Waals surface area contributed by atoms with Crippen LogP contribution in [0.25, 0.3) is 0 Å². The molecule has 1 heterocycles. The molecule has 98 valence electrons. The molecule has 1 fully saturated rings. The Hall–Kier alpha value is -1.18. The van der Waals surface area contributed by atoms with Crippen molar-refractivity contribution in [2.24, 2.45) is 5.41 Å². The summed E-state index contributed by atoms with van der Waals surface area (Å²) in [4.78, 5) is 0. The van der Waals surface area contributed by atoms with E-state index in [2.05, 4.69) is 37.4 Å². The van der Waals surface area contributed by atoms with Crippen molar-refractivity contribution in [2.45, 2.75) is 52.1 Å². The Bertz CT molecular complexity index is 439. The Labute approximate surface area is 110 Å². The van der Waals surface area contributed by atoms with Crippen LogP contribution in [0.1, 0.15) is 45.1 Å². The van der Waals surface area contributed by atoms with Gasteiger partial charge in [0.15, 0.2) is 0 Å². The van der Waals surface area contributed by atoms with Gasteiger partial charge in [0.25, 0.3) is 0 Å². The minimum atomic E-state index is 0.391. The van der Waals surface area contributed by atoms with Crippen LogP contribution in [0.3, 0.4) is 0 Å². The highest BCUT2D eigenvalue weighted by Crippen LogP contribution is 2.39. The number of fused-ring (bicyclic) bond motifs is 1. The predicted octanol–water partition coefficient (Wildman–Crippen LogP) is 4.00. The Morgan fingerprint density at radius 3 is 3.06 bits per heavy atom. The zero-order valence-electron chi connectivity index (χ0n) is 11.5. The van der Waals surface area contributed by atoms with E-state index in [4.69, 9.17) is 4.74 Å². The molecule has 3 rings (SSSR count). The molecule has 0 radical (unpaired) electrons. The van der Waals surface area contributed by atoms with E-state index >= 15 is 0 Å². The van der Waals surface area contributed by atoms with Crippen molar-refractivity contribution >= 4 is 5.69 Å². The second-order valence-corrected chi connectivity index (χ2v) is 6.47. The maximum atomic E-state index is 6.27. The molecule has 1 aliphatic heterocycles. The number of nitrogens with one attached hydrogen (secondary N) is 1. The molecule has 1 N–H and O–H groups in total. The fourth-order valence-electron chi connectivity index (χ4n) is 3.31. The topological polar surface area (TPSA) is 21.3 Å². The third-order valence-electron chi connectivity index (χ3n) is 4.26. The van der Waals surface area contributed by atoms with Crippen LogP contribution in [0.15, 0.2) is 18.2 Å². The lowest BCUT2D eigenvalue weighted by atomic mass is 9.76. The second kappa shape index (κ2) is 4.49. The lowest BCUT2D eigenvalue weighted by Crippen LogP contribution is -2.30. The van der Waals surface area contributed by atoms with Gasteiger partial charge in [0, 0.05) is 6.54 Å². The molecule has 18 heavy (non-hydrogen) atoms. The zero-order chi connectivity index (χ0) is 12.6. The molecule has 1 atom stereocenters. The monoisotopic (exact) mass is 245 g/mol. The highest BCUT2D eigenvalue weighted by molar-refractivity contribution is 5.65. The van der Waals surface area contributed by atoms with Gasteiger partial charge in [-0.05, 0) is 49.1 Å². The van der Waals surface area contributed by atoms with Crippen molar-refractivity contribution in [1.29, 1.82) is 0 Å². The molecule has 0 amide bonds. The smallest absolute Gasteiger partial charge is 0.143 e. The third-order valence-corrected chi connectivity index (χ3v) is 4.26. The average Bonchev–Trinajstić information content (AvgIpc) is 2.77. The van der Waals surface area contributed by atoms with Crippen LogP contribution in [0.4, 0.5) is 5.69 Å². The molecule has 0 aromatic heterocycles. The van der Waals surface area contributed by atoms with E-state index < -0.39 is 0 Å². The summed E-state index contributed by atoms with van der Waals surface area (Å²) >= 11 is 0. The van der Waals surface area contributed by atoms with Crippen LogP contribution in [-0.2, 0) is 6.42 Å². The highest BCUT2D eigenvalue weighted by atomic mass is 16.5. The number of anilines is 1. The Morgan fingerprint density at radius 1 is 1.33 bits per heavy atom. The molecule has 2 aliphatic rings. The molecule has 2 nitrogen and oxygen atoms in total. The molecule has 0 bridgehead atoms. The summed E-state index contributed by atoms with van der Waals surface area (Å²) in [5.74, 6) is 1.06. The van der Waals surface area contributed by atoms with E-state index in [1.54, 1.807) is 0 Å². The SMILES string of the molecule is CC1(C)CCCC(Oc2cccc3c2NCC3)C1. The fraction of sp³-hybridized carbons (Fsp3) is 0.625. The second-order valence-electron chi connectivity index (χ2n) is 6.47. The third kappa shape index (κ3) is 2.33. The van der Waals surface area contributed by atoms with Gasteiger partial charge in [-0.25, -0.2) is 0 Å². The molecule has 0 saturated heterocycles. The standard InChI is InChI=1S/C16H23NO/c1-16(2)9-4-6-13(11-16)18-14-7-3-5-12-8-10-17-15(12)14/h3,5,7,13,17H,4,6,8-11H2,1-2H3. The first-order valence-electron chi connectivity index (χ1n) is 7.16. The first kappa shape index (κ1) is 11.9. The molecule has 2 heteroatoms. The summed E-state index contributed by atoms with van der Waals surface area (Å²) in [7, 11) is 0. The van der Waals surface area contributed by atoms with Gasteiger partial charge in [-0.3, -0.25) is 0 Å². The number of rotatable bonds is 2. The molecule has 1 aliphatic carbocycles. The lowest BCUT2D eigenvalue weighted by Gasteiger charge is -2.35. The van der Waals surface area contributed by atoms with Gasteiger partial charge in [0.2, 0.25) is 0 Å². The quantitative estimate of drug-likeness (QED) is 0.850. The van der Waals surface area contributed by atoms with Crippen LogP contribution >= 0.6 is 0 Å². The van der Waals surface area contributed by atoms with Crippen LogP contribution in [0.2, 0.25) is 0 Å². The van der Waals surface area contributed by atoms with Crippen molar-refractivity contribution in [3.05, 3.63) is 23.8 Å². The van der Waals surface area contributed by atoms with E-state index in [1.165, 1.54) is 36.9 Å². The summed E-state index contributed by atoms with van der Waals surface area (Å²) in [6.07, 6.45) is 6.52. The molecular weight excluding hydrogens is 222 g/mol. The molecule has 1 saturated carbocycles. The fourth-order valence-corrected chi connectivity index (χ4v) is 3.31. The van der Waals surface area contributed by atoms with E-state index in [1.807, 2.05) is 0 Å². The first-order chi connectivity index (χ1) is 8.64. The predicted molar refractivity (Wildman–Crippen MR) is 75.3 cm³/mol. The van der Waals surface area contributed by atoms with E-state index in [0.717, 1.165) is 18.7 Å². The minimum Gasteiger partial charge on any atom is -0.488 e. The summed E-state index contributed by atoms with van der Waals surface area (Å²) < 4.78 is 6.27. The lowest BCUT2D eigenvalue weighted by molar-refractivity contribution is 0.0856. The van der Waals surface area contributed by atoms with E-state index in [0.29, 0.717) is 11.5 Å². The largest absolute Gasteiger partial charge is 0.488 e. The molecule has 0 spiro atoms. The molecule has 1 aromatic carbocycles. The van der Waals surface area contributed by atoms with Crippen LogP contribution in [0, 0.1) is 5.41 Å². The van der Waals surface area contributed by atoms with E-state index in [9.17, 15) is 0 Å². The number of para-hydroxylation sites is 1. The van der Waals surface area contributed by atoms with Gasteiger partial charge in [0.05, 0.1) is 11.8 Å². The summed E-state index contributed by atoms with van der Waals surface area (Å²) in [6.45, 7) is 5.76. The molecule has 1 unspecified atom stereocenters. The average molecular weight is 245 g/mol. The van der Waals surface area contributed by atoms with Crippen LogP contribution in [0.5, 0.6) is 5.75 Å². The Balaban J connectivity index is 1.75. The number of ether oxygens (including phenoxy) is 1. The van der Waals surface area contributed by atoms with Gasteiger partial charge in [0.1, 0.15) is 5.75 Å². The van der Waals surface area contributed by atoms with Crippen LogP contribution < -0.4 is 10.1 Å².